The van der Waals surface area contributed by atoms with E-state index in [1.54, 1.807) is 0 Å². The van der Waals surface area contributed by atoms with E-state index in [1.165, 1.54) is 18.3 Å². The molecule has 3 saturated carbocycles. The van der Waals surface area contributed by atoms with Crippen molar-refractivity contribution in [1.29, 1.82) is 0 Å². The molecule has 2 bridgehead atoms. The Balaban J connectivity index is 1.47. The summed E-state index contributed by atoms with van der Waals surface area (Å²) in [5, 5.41) is 14.5. The van der Waals surface area contributed by atoms with Gasteiger partial charge in [-0.1, -0.05) is 11.6 Å². The average molecular weight is 313 g/mol. The van der Waals surface area contributed by atoms with Crippen molar-refractivity contribution in [2.24, 2.45) is 10.6 Å². The van der Waals surface area contributed by atoms with Crippen LogP contribution in [0.1, 0.15) is 19.3 Å². The number of halogens is 2. The average Bonchev–Trinajstić information content (AvgIpc) is 2.36. The molecule has 1 aromatic carbocycles. The molecule has 21 heavy (non-hydrogen) atoms. The topological polar surface area (TPSA) is 70.9 Å². The molecule has 3 fully saturated rings. The van der Waals surface area contributed by atoms with Gasteiger partial charge in [0.05, 0.1) is 5.02 Å². The van der Waals surface area contributed by atoms with Gasteiger partial charge in [-0.3, -0.25) is 4.79 Å². The SMILES string of the molecule is O=C(COc1ccc(Cl)c(F)c1)NC12CC(C=NO)(C1)C2. The summed E-state index contributed by atoms with van der Waals surface area (Å²) in [6.45, 7) is -0.177. The van der Waals surface area contributed by atoms with Crippen LogP contribution in [0.15, 0.2) is 23.4 Å². The third-order valence-electron chi connectivity index (χ3n) is 4.07. The van der Waals surface area contributed by atoms with Crippen LogP contribution in [0.2, 0.25) is 5.02 Å². The van der Waals surface area contributed by atoms with Gasteiger partial charge < -0.3 is 15.3 Å². The van der Waals surface area contributed by atoms with E-state index >= 15 is 0 Å². The number of nitrogens with zero attached hydrogens (tertiary/aromatic N) is 1. The molecule has 0 heterocycles. The number of ether oxygens (including phenoxy) is 1. The normalized spacial score (nSPS) is 29.6. The zero-order chi connectivity index (χ0) is 15.1. The minimum atomic E-state index is -0.584. The van der Waals surface area contributed by atoms with Crippen molar-refractivity contribution < 1.29 is 19.1 Å². The van der Waals surface area contributed by atoms with E-state index in [0.29, 0.717) is 0 Å². The van der Waals surface area contributed by atoms with E-state index in [-0.39, 0.29) is 34.2 Å². The van der Waals surface area contributed by atoms with E-state index < -0.39 is 5.82 Å². The molecular formula is C14H14ClFN2O3. The van der Waals surface area contributed by atoms with Crippen molar-refractivity contribution in [2.75, 3.05) is 6.61 Å². The lowest BCUT2D eigenvalue weighted by molar-refractivity contribution is -0.142. The molecule has 0 aromatic heterocycles. The standard InChI is InChI=1S/C14H14ClFN2O3/c15-10-2-1-9(3-11(10)16)21-4-12(19)18-14-5-13(6-14,7-14)8-17-20/h1-3,8,20H,4-7H2,(H,18,19). The molecule has 0 spiro atoms. The van der Waals surface area contributed by atoms with Crippen LogP contribution in [0.3, 0.4) is 0 Å². The zero-order valence-electron chi connectivity index (χ0n) is 11.1. The molecule has 1 amide bonds. The highest BCUT2D eigenvalue weighted by molar-refractivity contribution is 6.30. The van der Waals surface area contributed by atoms with Crippen molar-refractivity contribution in [1.82, 2.24) is 5.32 Å². The largest absolute Gasteiger partial charge is 0.484 e. The first-order valence-electron chi connectivity index (χ1n) is 6.53. The smallest absolute Gasteiger partial charge is 0.258 e. The van der Waals surface area contributed by atoms with Gasteiger partial charge >= 0.3 is 0 Å². The van der Waals surface area contributed by atoms with Crippen molar-refractivity contribution in [3.05, 3.63) is 29.0 Å². The van der Waals surface area contributed by atoms with Crippen LogP contribution in [-0.2, 0) is 4.79 Å². The van der Waals surface area contributed by atoms with Gasteiger partial charge in [-0.15, -0.1) is 5.16 Å². The third-order valence-corrected chi connectivity index (χ3v) is 4.38. The Morgan fingerprint density at radius 2 is 2.24 bits per heavy atom. The summed E-state index contributed by atoms with van der Waals surface area (Å²) in [7, 11) is 0. The van der Waals surface area contributed by atoms with Crippen molar-refractivity contribution in [3.63, 3.8) is 0 Å². The fraction of sp³-hybridized carbons (Fsp3) is 0.429. The third kappa shape index (κ3) is 2.55. The highest BCUT2D eigenvalue weighted by Gasteiger charge is 2.68. The summed E-state index contributed by atoms with van der Waals surface area (Å²) in [4.78, 5) is 11.8. The van der Waals surface area contributed by atoms with Gasteiger partial charge in [-0.2, -0.15) is 0 Å². The van der Waals surface area contributed by atoms with Gasteiger partial charge in [0, 0.05) is 23.2 Å². The summed E-state index contributed by atoms with van der Waals surface area (Å²) in [5.74, 6) is -0.577. The second-order valence-electron chi connectivity index (χ2n) is 5.83. The Morgan fingerprint density at radius 3 is 2.86 bits per heavy atom. The van der Waals surface area contributed by atoms with Crippen LogP contribution >= 0.6 is 11.6 Å². The molecule has 112 valence electrons. The molecule has 0 atom stereocenters. The zero-order valence-corrected chi connectivity index (χ0v) is 11.9. The molecule has 2 N–H and O–H groups in total. The lowest BCUT2D eigenvalue weighted by Crippen LogP contribution is -2.75. The Morgan fingerprint density at radius 1 is 1.52 bits per heavy atom. The Hall–Kier alpha value is -1.82. The van der Waals surface area contributed by atoms with Crippen LogP contribution in [0.25, 0.3) is 0 Å². The predicted octanol–water partition coefficient (Wildman–Crippen LogP) is 2.36. The summed E-state index contributed by atoms with van der Waals surface area (Å²) < 4.78 is 18.4. The van der Waals surface area contributed by atoms with Crippen LogP contribution < -0.4 is 10.1 Å². The monoisotopic (exact) mass is 312 g/mol. The number of oxime groups is 1. The summed E-state index contributed by atoms with van der Waals surface area (Å²) in [6, 6.07) is 4.03. The minimum Gasteiger partial charge on any atom is -0.484 e. The number of hydrogen-bond acceptors (Lipinski definition) is 4. The van der Waals surface area contributed by atoms with E-state index in [0.717, 1.165) is 25.3 Å². The van der Waals surface area contributed by atoms with Crippen molar-refractivity contribution in [2.45, 2.75) is 24.8 Å². The molecule has 3 aliphatic carbocycles. The van der Waals surface area contributed by atoms with E-state index in [4.69, 9.17) is 21.5 Å². The first-order chi connectivity index (χ1) is 9.96. The number of carbonyl (C=O) groups excluding carboxylic acids is 1. The summed E-state index contributed by atoms with van der Waals surface area (Å²) in [5.41, 5.74) is -0.227. The molecule has 7 heteroatoms. The molecule has 1 aromatic rings. The first-order valence-corrected chi connectivity index (χ1v) is 6.91. The molecule has 0 aliphatic heterocycles. The number of rotatable bonds is 5. The molecule has 0 saturated heterocycles. The second-order valence-corrected chi connectivity index (χ2v) is 6.24. The van der Waals surface area contributed by atoms with Crippen LogP contribution in [-0.4, -0.2) is 29.5 Å². The fourth-order valence-electron chi connectivity index (χ4n) is 3.31. The minimum absolute atomic E-state index is 0.0107. The lowest BCUT2D eigenvalue weighted by Gasteiger charge is -2.68. The second kappa shape index (κ2) is 4.87. The number of benzene rings is 1. The maximum Gasteiger partial charge on any atom is 0.258 e. The number of hydrogen-bond donors (Lipinski definition) is 2. The maximum absolute atomic E-state index is 13.2. The first kappa shape index (κ1) is 14.1. The lowest BCUT2D eigenvalue weighted by atomic mass is 9.40. The van der Waals surface area contributed by atoms with E-state index in [1.807, 2.05) is 0 Å². The van der Waals surface area contributed by atoms with Crippen molar-refractivity contribution >= 4 is 23.7 Å². The van der Waals surface area contributed by atoms with E-state index in [9.17, 15) is 9.18 Å². The van der Waals surface area contributed by atoms with Crippen molar-refractivity contribution in [3.8, 4) is 5.75 Å². The summed E-state index contributed by atoms with van der Waals surface area (Å²) in [6.07, 6.45) is 3.88. The van der Waals surface area contributed by atoms with Gasteiger partial charge in [0.25, 0.3) is 5.91 Å². The highest BCUT2D eigenvalue weighted by atomic mass is 35.5. The Labute approximate surface area is 125 Å². The van der Waals surface area contributed by atoms with Crippen LogP contribution in [0, 0.1) is 11.2 Å². The summed E-state index contributed by atoms with van der Waals surface area (Å²) >= 11 is 5.56. The maximum atomic E-state index is 13.2. The fourth-order valence-corrected chi connectivity index (χ4v) is 3.42. The Kier molecular flexibility index (Phi) is 3.28. The highest BCUT2D eigenvalue weighted by Crippen LogP contribution is 2.66. The van der Waals surface area contributed by atoms with Gasteiger partial charge in [0.2, 0.25) is 0 Å². The number of nitrogens with one attached hydrogen (secondary N) is 1. The van der Waals surface area contributed by atoms with Gasteiger partial charge in [0.1, 0.15) is 11.6 Å². The predicted molar refractivity (Wildman–Crippen MR) is 74.3 cm³/mol. The quantitative estimate of drug-likeness (QED) is 0.498. The molecule has 5 nitrogen and oxygen atoms in total. The molecule has 3 aliphatic rings. The van der Waals surface area contributed by atoms with E-state index in [2.05, 4.69) is 10.5 Å². The van der Waals surface area contributed by atoms with Gasteiger partial charge in [-0.25, -0.2) is 4.39 Å². The van der Waals surface area contributed by atoms with Crippen LogP contribution in [0.4, 0.5) is 4.39 Å². The Bertz CT molecular complexity index is 600. The molecular weight excluding hydrogens is 299 g/mol. The van der Waals surface area contributed by atoms with Gasteiger partial charge in [-0.05, 0) is 31.4 Å². The number of carbonyl (C=O) groups is 1. The molecule has 4 rings (SSSR count). The molecule has 0 unspecified atom stereocenters. The van der Waals surface area contributed by atoms with Crippen LogP contribution in [0.5, 0.6) is 5.75 Å². The van der Waals surface area contributed by atoms with Gasteiger partial charge in [0.15, 0.2) is 6.61 Å². The number of amides is 1. The molecule has 0 radical (unpaired) electrons.